The third kappa shape index (κ3) is 1.88. The van der Waals surface area contributed by atoms with Gasteiger partial charge in [-0.3, -0.25) is 0 Å². The normalized spacial score (nSPS) is 22.1. The van der Waals surface area contributed by atoms with Crippen LogP contribution in [0.3, 0.4) is 0 Å². The summed E-state index contributed by atoms with van der Waals surface area (Å²) >= 11 is 4.10. The maximum Gasteiger partial charge on any atom is 0.0515 e. The molecule has 1 aliphatic rings. The van der Waals surface area contributed by atoms with Crippen molar-refractivity contribution in [2.45, 2.75) is 11.0 Å². The molecule has 2 N–H and O–H groups in total. The van der Waals surface area contributed by atoms with E-state index in [9.17, 15) is 0 Å². The van der Waals surface area contributed by atoms with Crippen molar-refractivity contribution >= 4 is 23.5 Å². The van der Waals surface area contributed by atoms with Gasteiger partial charge in [0.05, 0.1) is 4.58 Å². The van der Waals surface area contributed by atoms with Crippen LogP contribution in [0.5, 0.6) is 0 Å². The number of thioether (sulfide) groups is 2. The molecule has 1 aliphatic heterocycles. The third-order valence-electron chi connectivity index (χ3n) is 1.09. The second kappa shape index (κ2) is 3.64. The number of hydrogen-bond donors (Lipinski definition) is 1. The zero-order valence-corrected chi connectivity index (χ0v) is 6.43. The van der Waals surface area contributed by atoms with Crippen molar-refractivity contribution in [2.24, 2.45) is 5.73 Å². The number of rotatable bonds is 2. The highest BCUT2D eigenvalue weighted by atomic mass is 32.2. The summed E-state index contributed by atoms with van der Waals surface area (Å²) < 4.78 is 0.819. The number of hydrogen-bond acceptors (Lipinski definition) is 3. The highest BCUT2D eigenvalue weighted by molar-refractivity contribution is 8.20. The lowest BCUT2D eigenvalue weighted by atomic mass is 10.5. The van der Waals surface area contributed by atoms with Crippen molar-refractivity contribution < 1.29 is 0 Å². The van der Waals surface area contributed by atoms with Gasteiger partial charge in [0, 0.05) is 11.5 Å². The average molecular weight is 149 g/mol. The number of nitrogens with two attached hydrogens (primary N) is 1. The van der Waals surface area contributed by atoms with Gasteiger partial charge in [-0.2, -0.15) is 0 Å². The smallest absolute Gasteiger partial charge is 0.0515 e. The van der Waals surface area contributed by atoms with E-state index in [0.717, 1.165) is 11.1 Å². The summed E-state index contributed by atoms with van der Waals surface area (Å²) in [6, 6.07) is 0. The Kier molecular flexibility index (Phi) is 3.08. The van der Waals surface area contributed by atoms with E-state index in [-0.39, 0.29) is 0 Å². The average Bonchev–Trinajstić information content (AvgIpc) is 2.19. The van der Waals surface area contributed by atoms with Gasteiger partial charge in [0.25, 0.3) is 0 Å². The Morgan fingerprint density at radius 3 is 2.50 bits per heavy atom. The van der Waals surface area contributed by atoms with Crippen molar-refractivity contribution in [2.75, 3.05) is 18.1 Å². The van der Waals surface area contributed by atoms with Crippen LogP contribution in [-0.4, -0.2) is 22.6 Å². The molecule has 8 heavy (non-hydrogen) atoms. The quantitative estimate of drug-likeness (QED) is 0.637. The summed E-state index contributed by atoms with van der Waals surface area (Å²) in [4.78, 5) is 0. The first-order valence-electron chi connectivity index (χ1n) is 2.87. The molecule has 1 rings (SSSR count). The Morgan fingerprint density at radius 1 is 1.38 bits per heavy atom. The molecular weight excluding hydrogens is 138 g/mol. The predicted octanol–water partition coefficient (Wildman–Crippen LogP) is 1.14. The van der Waals surface area contributed by atoms with E-state index < -0.39 is 0 Å². The molecule has 0 saturated carbocycles. The minimum absolute atomic E-state index is 0.819. The lowest BCUT2D eigenvalue weighted by Gasteiger charge is -2.02. The Morgan fingerprint density at radius 2 is 2.00 bits per heavy atom. The predicted molar refractivity (Wildman–Crippen MR) is 42.4 cm³/mol. The van der Waals surface area contributed by atoms with Crippen molar-refractivity contribution in [3.05, 3.63) is 0 Å². The lowest BCUT2D eigenvalue weighted by Crippen LogP contribution is -2.04. The first kappa shape index (κ1) is 6.78. The van der Waals surface area contributed by atoms with E-state index in [1.807, 2.05) is 23.5 Å². The molecule has 0 amide bonds. The van der Waals surface area contributed by atoms with E-state index in [0.29, 0.717) is 0 Å². The fourth-order valence-corrected chi connectivity index (χ4v) is 3.57. The molecule has 1 fully saturated rings. The van der Waals surface area contributed by atoms with Gasteiger partial charge in [0.1, 0.15) is 0 Å². The van der Waals surface area contributed by atoms with E-state index in [4.69, 9.17) is 5.73 Å². The van der Waals surface area contributed by atoms with Crippen LogP contribution in [-0.2, 0) is 0 Å². The Bertz CT molecular complexity index is 61.4. The Hall–Kier alpha value is 0.660. The second-order valence-corrected chi connectivity index (χ2v) is 4.67. The standard InChI is InChI=1S/C5H11NS2/c6-2-1-5-7-3-4-8-5/h5H,1-4,6H2. The first-order valence-corrected chi connectivity index (χ1v) is 4.96. The molecule has 48 valence electrons. The summed E-state index contributed by atoms with van der Waals surface area (Å²) in [5.41, 5.74) is 5.38. The molecule has 0 radical (unpaired) electrons. The van der Waals surface area contributed by atoms with Gasteiger partial charge < -0.3 is 5.73 Å². The van der Waals surface area contributed by atoms with Gasteiger partial charge in [0.15, 0.2) is 0 Å². The summed E-state index contributed by atoms with van der Waals surface area (Å²) in [6.07, 6.45) is 1.19. The van der Waals surface area contributed by atoms with E-state index >= 15 is 0 Å². The van der Waals surface area contributed by atoms with Crippen LogP contribution in [0.1, 0.15) is 6.42 Å². The molecule has 1 saturated heterocycles. The second-order valence-electron chi connectivity index (χ2n) is 1.75. The van der Waals surface area contributed by atoms with Crippen LogP contribution in [0.2, 0.25) is 0 Å². The zero-order valence-electron chi connectivity index (χ0n) is 4.80. The Labute approximate surface area is 58.8 Å². The van der Waals surface area contributed by atoms with Gasteiger partial charge in [-0.15, -0.1) is 23.5 Å². The van der Waals surface area contributed by atoms with Crippen LogP contribution in [0.15, 0.2) is 0 Å². The molecule has 0 bridgehead atoms. The molecule has 0 aromatic carbocycles. The SMILES string of the molecule is NCCC1SCCS1. The first-order chi connectivity index (χ1) is 3.93. The van der Waals surface area contributed by atoms with E-state index in [1.165, 1.54) is 17.9 Å². The van der Waals surface area contributed by atoms with Crippen LogP contribution in [0.4, 0.5) is 0 Å². The highest BCUT2D eigenvalue weighted by Crippen LogP contribution is 2.33. The topological polar surface area (TPSA) is 26.0 Å². The largest absolute Gasteiger partial charge is 0.330 e. The fourth-order valence-electron chi connectivity index (χ4n) is 0.710. The lowest BCUT2D eigenvalue weighted by molar-refractivity contribution is 0.919. The molecule has 0 aromatic rings. The van der Waals surface area contributed by atoms with Gasteiger partial charge >= 0.3 is 0 Å². The van der Waals surface area contributed by atoms with Gasteiger partial charge in [-0.05, 0) is 13.0 Å². The molecule has 0 spiro atoms. The summed E-state index contributed by atoms with van der Waals surface area (Å²) in [5.74, 6) is 2.66. The Balaban J connectivity index is 2.06. The van der Waals surface area contributed by atoms with Crippen molar-refractivity contribution in [3.63, 3.8) is 0 Å². The summed E-state index contributed by atoms with van der Waals surface area (Å²) in [7, 11) is 0. The van der Waals surface area contributed by atoms with E-state index in [2.05, 4.69) is 0 Å². The minimum Gasteiger partial charge on any atom is -0.330 e. The molecular formula is C5H11NS2. The fraction of sp³-hybridized carbons (Fsp3) is 1.00. The van der Waals surface area contributed by atoms with Gasteiger partial charge in [-0.25, -0.2) is 0 Å². The van der Waals surface area contributed by atoms with Gasteiger partial charge in [-0.1, -0.05) is 0 Å². The zero-order chi connectivity index (χ0) is 5.82. The van der Waals surface area contributed by atoms with Crippen LogP contribution in [0.25, 0.3) is 0 Å². The summed E-state index contributed by atoms with van der Waals surface area (Å²) in [6.45, 7) is 0.852. The molecule has 0 aromatic heterocycles. The molecule has 0 unspecified atom stereocenters. The molecule has 0 aliphatic carbocycles. The molecule has 1 nitrogen and oxygen atoms in total. The maximum atomic E-state index is 5.38. The van der Waals surface area contributed by atoms with E-state index in [1.54, 1.807) is 0 Å². The third-order valence-corrected chi connectivity index (χ3v) is 4.26. The van der Waals surface area contributed by atoms with Crippen LogP contribution < -0.4 is 5.73 Å². The van der Waals surface area contributed by atoms with Gasteiger partial charge in [0.2, 0.25) is 0 Å². The van der Waals surface area contributed by atoms with Crippen molar-refractivity contribution in [3.8, 4) is 0 Å². The minimum atomic E-state index is 0.819. The molecule has 3 heteroatoms. The maximum absolute atomic E-state index is 5.38. The monoisotopic (exact) mass is 149 g/mol. The molecule has 1 heterocycles. The molecule has 0 atom stereocenters. The van der Waals surface area contributed by atoms with Crippen LogP contribution >= 0.6 is 23.5 Å². The highest BCUT2D eigenvalue weighted by Gasteiger charge is 2.13. The summed E-state index contributed by atoms with van der Waals surface area (Å²) in [5, 5.41) is 0. The van der Waals surface area contributed by atoms with Crippen molar-refractivity contribution in [1.29, 1.82) is 0 Å². The van der Waals surface area contributed by atoms with Crippen molar-refractivity contribution in [1.82, 2.24) is 0 Å². The van der Waals surface area contributed by atoms with Crippen LogP contribution in [0, 0.1) is 0 Å².